The Labute approximate surface area is 66.3 Å². The third-order valence-electron chi connectivity index (χ3n) is 0.642. The number of hydrogen-bond acceptors (Lipinski definition) is 1. The highest BCUT2D eigenvalue weighted by Gasteiger charge is 2.11. The fourth-order valence-electron chi connectivity index (χ4n) is 0.313. The van der Waals surface area contributed by atoms with Crippen LogP contribution in [0.25, 0.3) is 0 Å². The van der Waals surface area contributed by atoms with Gasteiger partial charge in [-0.1, -0.05) is 0 Å². The fourth-order valence-corrected chi connectivity index (χ4v) is 0.439. The van der Waals surface area contributed by atoms with Crippen molar-refractivity contribution in [3.05, 3.63) is 0 Å². The Balaban J connectivity index is 3.28. The molecule has 0 radical (unpaired) electrons. The first-order valence-corrected chi connectivity index (χ1v) is 3.71. The zero-order valence-corrected chi connectivity index (χ0v) is 7.46. The lowest BCUT2D eigenvalue weighted by Gasteiger charge is -2.19. The topological polar surface area (TPSA) is 9.23 Å². The van der Waals surface area contributed by atoms with Gasteiger partial charge in [-0.3, -0.25) is 0 Å². The van der Waals surface area contributed by atoms with Gasteiger partial charge in [-0.15, -0.1) is 23.2 Å². The summed E-state index contributed by atoms with van der Waals surface area (Å²) in [5, 5.41) is 0. The van der Waals surface area contributed by atoms with E-state index in [0.717, 1.165) is 0 Å². The van der Waals surface area contributed by atoms with Gasteiger partial charge < -0.3 is 4.74 Å². The van der Waals surface area contributed by atoms with Crippen LogP contribution in [-0.4, -0.2) is 17.0 Å². The quantitative estimate of drug-likeness (QED) is 0.580. The molecule has 0 bridgehead atoms. The molecule has 0 spiro atoms. The molecule has 3 heteroatoms. The summed E-state index contributed by atoms with van der Waals surface area (Å²) >= 11 is 10.8. The number of rotatable bonds is 2. The van der Waals surface area contributed by atoms with Crippen molar-refractivity contribution in [3.63, 3.8) is 0 Å². The van der Waals surface area contributed by atoms with E-state index in [9.17, 15) is 0 Å². The molecule has 0 rings (SSSR count). The molecule has 0 aromatic carbocycles. The van der Waals surface area contributed by atoms with Gasteiger partial charge in [0.05, 0.1) is 12.2 Å². The number of alkyl halides is 2. The molecule has 0 amide bonds. The molecule has 0 aromatic rings. The van der Waals surface area contributed by atoms with E-state index >= 15 is 0 Å². The van der Waals surface area contributed by atoms with Gasteiger partial charge in [-0.25, -0.2) is 0 Å². The highest BCUT2D eigenvalue weighted by Crippen LogP contribution is 2.10. The molecule has 0 fully saturated rings. The molecule has 56 valence electrons. The lowest BCUT2D eigenvalue weighted by Crippen LogP contribution is -2.21. The largest absolute Gasteiger partial charge is 0.373 e. The van der Waals surface area contributed by atoms with Gasteiger partial charge in [0.25, 0.3) is 0 Å². The van der Waals surface area contributed by atoms with Crippen LogP contribution in [0.3, 0.4) is 0 Å². The van der Waals surface area contributed by atoms with Crippen molar-refractivity contribution in [2.45, 2.75) is 31.2 Å². The molecule has 0 N–H and O–H groups in total. The summed E-state index contributed by atoms with van der Waals surface area (Å²) in [6, 6.07) is 0. The second-order valence-electron chi connectivity index (χ2n) is 2.81. The highest BCUT2D eigenvalue weighted by atomic mass is 35.5. The Morgan fingerprint density at radius 1 is 1.33 bits per heavy atom. The van der Waals surface area contributed by atoms with Gasteiger partial charge in [0.1, 0.15) is 4.84 Å². The predicted molar refractivity (Wildman–Crippen MR) is 41.2 cm³/mol. The number of ether oxygens (including phenoxy) is 1. The van der Waals surface area contributed by atoms with Crippen LogP contribution in [-0.2, 0) is 4.74 Å². The monoisotopic (exact) mass is 170 g/mol. The lowest BCUT2D eigenvalue weighted by atomic mass is 10.2. The van der Waals surface area contributed by atoms with E-state index in [1.807, 2.05) is 20.8 Å². The number of halogens is 2. The molecular weight excluding hydrogens is 159 g/mol. The zero-order valence-electron chi connectivity index (χ0n) is 5.95. The van der Waals surface area contributed by atoms with Crippen molar-refractivity contribution >= 4 is 23.2 Å². The fraction of sp³-hybridized carbons (Fsp3) is 1.00. The molecule has 0 unspecified atom stereocenters. The zero-order chi connectivity index (χ0) is 7.49. The van der Waals surface area contributed by atoms with Crippen LogP contribution in [0, 0.1) is 0 Å². The Bertz CT molecular complexity index is 75.6. The van der Waals surface area contributed by atoms with Crippen LogP contribution in [0.15, 0.2) is 0 Å². The van der Waals surface area contributed by atoms with Crippen LogP contribution < -0.4 is 0 Å². The van der Waals surface area contributed by atoms with Crippen molar-refractivity contribution in [1.29, 1.82) is 0 Å². The van der Waals surface area contributed by atoms with E-state index in [1.165, 1.54) is 0 Å². The minimum atomic E-state index is -0.413. The summed E-state index contributed by atoms with van der Waals surface area (Å²) in [7, 11) is 0. The van der Waals surface area contributed by atoms with Gasteiger partial charge in [0.15, 0.2) is 0 Å². The first-order chi connectivity index (χ1) is 3.92. The molecule has 0 aliphatic heterocycles. The van der Waals surface area contributed by atoms with Crippen molar-refractivity contribution < 1.29 is 4.74 Å². The van der Waals surface area contributed by atoms with Gasteiger partial charge in [0, 0.05) is 0 Å². The normalized spacial score (nSPS) is 12.7. The van der Waals surface area contributed by atoms with Gasteiger partial charge >= 0.3 is 0 Å². The van der Waals surface area contributed by atoms with Gasteiger partial charge in [-0.05, 0) is 20.8 Å². The van der Waals surface area contributed by atoms with Crippen molar-refractivity contribution in [3.8, 4) is 0 Å². The summed E-state index contributed by atoms with van der Waals surface area (Å²) in [5.74, 6) is 0. The summed E-state index contributed by atoms with van der Waals surface area (Å²) in [4.78, 5) is -0.413. The average Bonchev–Trinajstić information content (AvgIpc) is 1.59. The van der Waals surface area contributed by atoms with Crippen LogP contribution in [0.4, 0.5) is 0 Å². The summed E-state index contributed by atoms with van der Waals surface area (Å²) in [6.07, 6.45) is 0. The van der Waals surface area contributed by atoms with Crippen LogP contribution in [0.1, 0.15) is 20.8 Å². The number of hydrogen-bond donors (Lipinski definition) is 0. The molecule has 0 aliphatic rings. The van der Waals surface area contributed by atoms with E-state index in [-0.39, 0.29) is 5.60 Å². The molecule has 0 aromatic heterocycles. The second-order valence-corrected chi connectivity index (χ2v) is 4.09. The molecule has 0 atom stereocenters. The smallest absolute Gasteiger partial charge is 0.131 e. The maximum atomic E-state index is 5.42. The Morgan fingerprint density at radius 3 is 1.89 bits per heavy atom. The van der Waals surface area contributed by atoms with Gasteiger partial charge in [0.2, 0.25) is 0 Å². The third-order valence-corrected chi connectivity index (χ3v) is 0.894. The maximum absolute atomic E-state index is 5.42. The van der Waals surface area contributed by atoms with E-state index < -0.39 is 4.84 Å². The van der Waals surface area contributed by atoms with Crippen molar-refractivity contribution in [2.75, 3.05) is 6.61 Å². The van der Waals surface area contributed by atoms with E-state index in [1.54, 1.807) is 0 Å². The predicted octanol–water partition coefficient (Wildman–Crippen LogP) is 2.61. The van der Waals surface area contributed by atoms with E-state index in [2.05, 4.69) is 0 Å². The first-order valence-electron chi connectivity index (χ1n) is 2.84. The van der Waals surface area contributed by atoms with Crippen molar-refractivity contribution in [2.24, 2.45) is 0 Å². The molecule has 0 saturated carbocycles. The first kappa shape index (κ1) is 9.54. The van der Waals surface area contributed by atoms with E-state index in [0.29, 0.717) is 6.61 Å². The minimum Gasteiger partial charge on any atom is -0.373 e. The SMILES string of the molecule is CC(C)(C)OCC(Cl)Cl. The van der Waals surface area contributed by atoms with E-state index in [4.69, 9.17) is 27.9 Å². The lowest BCUT2D eigenvalue weighted by molar-refractivity contribution is 0.00339. The summed E-state index contributed by atoms with van der Waals surface area (Å²) < 4.78 is 5.23. The van der Waals surface area contributed by atoms with Crippen LogP contribution in [0.5, 0.6) is 0 Å². The molecule has 0 heterocycles. The Kier molecular flexibility index (Phi) is 3.86. The molecule has 0 aliphatic carbocycles. The third kappa shape index (κ3) is 8.54. The molecule has 0 saturated heterocycles. The average molecular weight is 171 g/mol. The Morgan fingerprint density at radius 2 is 1.78 bits per heavy atom. The highest BCUT2D eigenvalue weighted by molar-refractivity contribution is 6.44. The minimum absolute atomic E-state index is 0.137. The van der Waals surface area contributed by atoms with Crippen LogP contribution in [0.2, 0.25) is 0 Å². The molecule has 9 heavy (non-hydrogen) atoms. The standard InChI is InChI=1S/C6H12Cl2O/c1-6(2,3)9-4-5(7)8/h5H,4H2,1-3H3. The van der Waals surface area contributed by atoms with Gasteiger partial charge in [-0.2, -0.15) is 0 Å². The van der Waals surface area contributed by atoms with Crippen molar-refractivity contribution in [1.82, 2.24) is 0 Å². The molecular formula is C6H12Cl2O. The summed E-state index contributed by atoms with van der Waals surface area (Å²) in [6.45, 7) is 6.28. The Hall–Kier alpha value is 0.540. The molecule has 1 nitrogen and oxygen atoms in total. The van der Waals surface area contributed by atoms with Crippen LogP contribution >= 0.6 is 23.2 Å². The maximum Gasteiger partial charge on any atom is 0.131 e. The second kappa shape index (κ2) is 3.65. The summed E-state index contributed by atoms with van der Waals surface area (Å²) in [5.41, 5.74) is -0.137.